The maximum Gasteiger partial charge on any atom is 0.332 e. The summed E-state index contributed by atoms with van der Waals surface area (Å²) < 4.78 is 44.7. The number of carbonyl (C=O) groups is 1. The molecule has 1 aromatic carbocycles. The van der Waals surface area contributed by atoms with Gasteiger partial charge >= 0.3 is 5.69 Å². The quantitative estimate of drug-likeness (QED) is 0.448. The lowest BCUT2D eigenvalue weighted by atomic mass is 10.2. The second kappa shape index (κ2) is 9.21. The average molecular weight is 496 g/mol. The van der Waals surface area contributed by atoms with E-state index >= 15 is 0 Å². The molecule has 0 unspecified atom stereocenters. The molecule has 0 aliphatic heterocycles. The maximum absolute atomic E-state index is 12.9. The second-order valence-corrected chi connectivity index (χ2v) is 9.37. The molecule has 0 radical (unpaired) electrons. The predicted molar refractivity (Wildman–Crippen MR) is 123 cm³/mol. The topological polar surface area (TPSA) is 153 Å². The van der Waals surface area contributed by atoms with Crippen molar-refractivity contribution < 1.29 is 27.4 Å². The molecule has 0 bridgehead atoms. The fourth-order valence-electron chi connectivity index (χ4n) is 3.53. The van der Waals surface area contributed by atoms with Crippen molar-refractivity contribution in [3.05, 3.63) is 33.0 Å². The monoisotopic (exact) mass is 495 g/mol. The third kappa shape index (κ3) is 4.23. The molecule has 0 fully saturated rings. The summed E-state index contributed by atoms with van der Waals surface area (Å²) in [5.41, 5.74) is -1.11. The number of nitrogens with zero attached hydrogens (tertiary/aromatic N) is 4. The Labute approximate surface area is 194 Å². The van der Waals surface area contributed by atoms with Gasteiger partial charge in [-0.25, -0.2) is 18.2 Å². The Kier molecular flexibility index (Phi) is 6.72. The van der Waals surface area contributed by atoms with Gasteiger partial charge in [0, 0.05) is 45.4 Å². The number of aryl methyl sites for hydroxylation is 2. The van der Waals surface area contributed by atoms with E-state index in [2.05, 4.69) is 10.3 Å². The molecule has 184 valence electrons. The average Bonchev–Trinajstić information content (AvgIpc) is 3.17. The van der Waals surface area contributed by atoms with Gasteiger partial charge in [0.05, 0.1) is 27.1 Å². The lowest BCUT2D eigenvalue weighted by Gasteiger charge is -2.14. The summed E-state index contributed by atoms with van der Waals surface area (Å²) in [6.07, 6.45) is -0.390. The van der Waals surface area contributed by atoms with Gasteiger partial charge < -0.3 is 24.1 Å². The zero-order valence-electron chi connectivity index (χ0n) is 19.5. The molecule has 2 aromatic heterocycles. The Morgan fingerprint density at radius 3 is 2.09 bits per heavy atom. The highest BCUT2D eigenvalue weighted by molar-refractivity contribution is 7.91. The number of hydrogen-bond donors (Lipinski definition) is 1. The summed E-state index contributed by atoms with van der Waals surface area (Å²) in [5, 5.41) is 2.18. The zero-order valence-corrected chi connectivity index (χ0v) is 20.3. The van der Waals surface area contributed by atoms with Crippen LogP contribution in [0.25, 0.3) is 11.2 Å². The first-order valence-electron chi connectivity index (χ1n) is 9.91. The van der Waals surface area contributed by atoms with Gasteiger partial charge in [0.2, 0.25) is 26.7 Å². The van der Waals surface area contributed by atoms with Crippen LogP contribution in [-0.2, 0) is 35.8 Å². The van der Waals surface area contributed by atoms with Gasteiger partial charge in [0.15, 0.2) is 22.7 Å². The van der Waals surface area contributed by atoms with Gasteiger partial charge in [-0.15, -0.1) is 0 Å². The van der Waals surface area contributed by atoms with Crippen LogP contribution in [0.4, 0.5) is 5.69 Å². The molecule has 34 heavy (non-hydrogen) atoms. The molecule has 2 heterocycles. The van der Waals surface area contributed by atoms with Crippen molar-refractivity contribution in [2.45, 2.75) is 11.6 Å². The lowest BCUT2D eigenvalue weighted by molar-refractivity contribution is -0.115. The molecule has 0 saturated carbocycles. The summed E-state index contributed by atoms with van der Waals surface area (Å²) in [5.74, 6) is -0.185. The number of hydrogen-bond acceptors (Lipinski definition) is 9. The highest BCUT2D eigenvalue weighted by atomic mass is 32.2. The normalized spacial score (nSPS) is 11.5. The molecule has 0 aliphatic carbocycles. The second-order valence-electron chi connectivity index (χ2n) is 7.36. The van der Waals surface area contributed by atoms with Crippen LogP contribution in [0.3, 0.4) is 0 Å². The van der Waals surface area contributed by atoms with Crippen LogP contribution in [-0.4, -0.2) is 60.1 Å². The van der Waals surface area contributed by atoms with Crippen LogP contribution >= 0.6 is 0 Å². The van der Waals surface area contributed by atoms with Crippen LogP contribution in [0.2, 0.25) is 0 Å². The number of methoxy groups -OCH3 is 3. The van der Waals surface area contributed by atoms with Gasteiger partial charge in [-0.2, -0.15) is 0 Å². The first kappa shape index (κ1) is 24.8. The van der Waals surface area contributed by atoms with E-state index in [-0.39, 0.29) is 17.6 Å². The molecule has 3 aromatic rings. The van der Waals surface area contributed by atoms with Crippen molar-refractivity contribution in [2.75, 3.05) is 32.4 Å². The van der Waals surface area contributed by atoms with Crippen molar-refractivity contribution in [1.82, 2.24) is 18.7 Å². The van der Waals surface area contributed by atoms with Gasteiger partial charge in [-0.3, -0.25) is 18.7 Å². The number of anilines is 1. The van der Waals surface area contributed by atoms with Crippen molar-refractivity contribution in [3.63, 3.8) is 0 Å². The SMILES string of the molecule is COc1cc(NC(=O)CCS(=O)(=O)c2nc3c(=O)n(C)c(=O)n(C)c3n2C)cc(OC)c1OC. The third-order valence-corrected chi connectivity index (χ3v) is 6.91. The number of benzene rings is 1. The number of aromatic nitrogens is 4. The number of amides is 1. The molecule has 1 N–H and O–H groups in total. The van der Waals surface area contributed by atoms with Crippen LogP contribution in [0.15, 0.2) is 26.9 Å². The van der Waals surface area contributed by atoms with Gasteiger partial charge in [-0.05, 0) is 0 Å². The Hall–Kier alpha value is -3.81. The minimum absolute atomic E-state index is 0.0635. The Morgan fingerprint density at radius 2 is 1.56 bits per heavy atom. The van der Waals surface area contributed by atoms with E-state index in [9.17, 15) is 22.8 Å². The van der Waals surface area contributed by atoms with E-state index < -0.39 is 37.9 Å². The summed E-state index contributed by atoms with van der Waals surface area (Å²) in [6.45, 7) is 0. The zero-order chi connectivity index (χ0) is 25.4. The molecule has 0 aliphatic rings. The summed E-state index contributed by atoms with van der Waals surface area (Å²) in [7, 11) is 4.29. The number of imidazole rings is 1. The summed E-state index contributed by atoms with van der Waals surface area (Å²) in [4.78, 5) is 41.1. The van der Waals surface area contributed by atoms with Gasteiger partial charge in [-0.1, -0.05) is 0 Å². The molecule has 3 rings (SSSR count). The number of carbonyl (C=O) groups excluding carboxylic acids is 1. The van der Waals surface area contributed by atoms with Gasteiger partial charge in [0.1, 0.15) is 0 Å². The van der Waals surface area contributed by atoms with Crippen LogP contribution < -0.4 is 30.8 Å². The minimum Gasteiger partial charge on any atom is -0.493 e. The van der Waals surface area contributed by atoms with E-state index in [1.165, 1.54) is 54.6 Å². The molecular formula is C20H25N5O8S. The molecule has 14 heteroatoms. The molecule has 0 atom stereocenters. The molecular weight excluding hydrogens is 470 g/mol. The Balaban J connectivity index is 1.86. The van der Waals surface area contributed by atoms with Crippen molar-refractivity contribution >= 4 is 32.6 Å². The number of ether oxygens (including phenoxy) is 3. The lowest BCUT2D eigenvalue weighted by Crippen LogP contribution is -2.37. The Morgan fingerprint density at radius 1 is 0.971 bits per heavy atom. The van der Waals surface area contributed by atoms with E-state index in [0.29, 0.717) is 22.9 Å². The van der Waals surface area contributed by atoms with Crippen LogP contribution in [0, 0.1) is 0 Å². The Bertz CT molecular complexity index is 1470. The van der Waals surface area contributed by atoms with E-state index in [0.717, 1.165) is 13.7 Å². The fraction of sp³-hybridized carbons (Fsp3) is 0.400. The van der Waals surface area contributed by atoms with E-state index in [1.807, 2.05) is 0 Å². The first-order valence-corrected chi connectivity index (χ1v) is 11.6. The number of rotatable bonds is 8. The van der Waals surface area contributed by atoms with E-state index in [1.54, 1.807) is 0 Å². The van der Waals surface area contributed by atoms with Crippen LogP contribution in [0.1, 0.15) is 6.42 Å². The minimum atomic E-state index is -4.08. The van der Waals surface area contributed by atoms with E-state index in [4.69, 9.17) is 14.2 Å². The van der Waals surface area contributed by atoms with Crippen molar-refractivity contribution in [1.29, 1.82) is 0 Å². The summed E-state index contributed by atoms with van der Waals surface area (Å²) in [6, 6.07) is 3.02. The molecule has 0 saturated heterocycles. The molecule has 1 amide bonds. The van der Waals surface area contributed by atoms with Gasteiger partial charge in [0.25, 0.3) is 5.56 Å². The van der Waals surface area contributed by atoms with Crippen LogP contribution in [0.5, 0.6) is 17.2 Å². The largest absolute Gasteiger partial charge is 0.493 e. The molecule has 0 spiro atoms. The van der Waals surface area contributed by atoms with Crippen molar-refractivity contribution in [2.24, 2.45) is 21.1 Å². The van der Waals surface area contributed by atoms with Crippen molar-refractivity contribution in [3.8, 4) is 17.2 Å². The predicted octanol–water partition coefficient (Wildman–Crippen LogP) is -0.201. The fourth-order valence-corrected chi connectivity index (χ4v) is 4.90. The third-order valence-electron chi connectivity index (χ3n) is 5.25. The highest BCUT2D eigenvalue weighted by Crippen LogP contribution is 2.39. The first-order chi connectivity index (χ1) is 16.0. The maximum atomic E-state index is 12.9. The summed E-state index contributed by atoms with van der Waals surface area (Å²) >= 11 is 0. The molecule has 13 nitrogen and oxygen atoms in total. The number of sulfone groups is 1. The number of fused-ring (bicyclic) bond motifs is 1. The highest BCUT2D eigenvalue weighted by Gasteiger charge is 2.26. The standard InChI is InChI=1S/C20H25N5O8S/c1-23-17-15(18(27)25(3)20(28)24(17)2)22-19(23)34(29,30)8-7-14(26)21-11-9-12(31-4)16(33-6)13(10-11)32-5/h9-10H,7-8H2,1-6H3,(H,21,26). The number of nitrogens with one attached hydrogen (secondary N) is 1. The smallest absolute Gasteiger partial charge is 0.332 e.